The van der Waals surface area contributed by atoms with E-state index in [0.717, 1.165) is 23.7 Å². The van der Waals surface area contributed by atoms with Gasteiger partial charge in [0.15, 0.2) is 11.3 Å². The summed E-state index contributed by atoms with van der Waals surface area (Å²) in [5.74, 6) is 0. The predicted octanol–water partition coefficient (Wildman–Crippen LogP) is 6.45. The van der Waals surface area contributed by atoms with Crippen molar-refractivity contribution in [2.45, 2.75) is 44.0 Å². The maximum absolute atomic E-state index is 14.1. The third-order valence-electron chi connectivity index (χ3n) is 7.24. The van der Waals surface area contributed by atoms with Gasteiger partial charge in [0, 0.05) is 40.5 Å². The predicted molar refractivity (Wildman–Crippen MR) is 142 cm³/mol. The van der Waals surface area contributed by atoms with Crippen molar-refractivity contribution in [1.29, 1.82) is 5.26 Å². The summed E-state index contributed by atoms with van der Waals surface area (Å²) in [6.07, 6.45) is 0.888. The van der Waals surface area contributed by atoms with E-state index in [1.807, 2.05) is 30.3 Å². The molecular formula is C29H23F3N6O. The maximum atomic E-state index is 14.1. The number of hydrogen-bond donors (Lipinski definition) is 3. The number of hydrogen-bond acceptors (Lipinski definition) is 6. The Hall–Kier alpha value is -4.49. The number of nitrogens with one attached hydrogen (secondary N) is 2. The molecule has 0 spiro atoms. The van der Waals surface area contributed by atoms with Gasteiger partial charge in [-0.25, -0.2) is 4.98 Å². The van der Waals surface area contributed by atoms with E-state index in [1.54, 1.807) is 24.4 Å². The van der Waals surface area contributed by atoms with Crippen LogP contribution in [0.4, 0.5) is 18.9 Å². The Labute approximate surface area is 221 Å². The van der Waals surface area contributed by atoms with Gasteiger partial charge in [-0.3, -0.25) is 10.1 Å². The van der Waals surface area contributed by atoms with Crippen LogP contribution in [0, 0.1) is 11.3 Å². The van der Waals surface area contributed by atoms with E-state index in [1.165, 1.54) is 6.20 Å². The van der Waals surface area contributed by atoms with Gasteiger partial charge in [0.05, 0.1) is 28.3 Å². The van der Waals surface area contributed by atoms with Crippen LogP contribution in [0.15, 0.2) is 60.9 Å². The summed E-state index contributed by atoms with van der Waals surface area (Å²) in [7, 11) is 0. The highest BCUT2D eigenvalue weighted by Crippen LogP contribution is 2.43. The number of alkyl halides is 3. The molecule has 6 rings (SSSR count). The first-order valence-corrected chi connectivity index (χ1v) is 12.6. The fourth-order valence-electron chi connectivity index (χ4n) is 5.29. The highest BCUT2D eigenvalue weighted by Gasteiger charge is 2.38. The summed E-state index contributed by atoms with van der Waals surface area (Å²) >= 11 is 0. The van der Waals surface area contributed by atoms with Crippen molar-refractivity contribution in [2.24, 2.45) is 0 Å². The van der Waals surface area contributed by atoms with Crippen molar-refractivity contribution in [3.05, 3.63) is 72.2 Å². The molecule has 3 aromatic heterocycles. The molecule has 0 amide bonds. The summed E-state index contributed by atoms with van der Waals surface area (Å²) in [5.41, 5.74) is 2.54. The Balaban J connectivity index is 1.56. The second-order valence-electron chi connectivity index (χ2n) is 9.78. The topological polar surface area (TPSA) is 111 Å². The molecule has 0 aliphatic heterocycles. The lowest BCUT2D eigenvalue weighted by atomic mass is 9.91. The molecule has 2 aromatic carbocycles. The summed E-state index contributed by atoms with van der Waals surface area (Å²) in [5, 5.41) is 29.7. The lowest BCUT2D eigenvalue weighted by Crippen LogP contribution is -2.28. The monoisotopic (exact) mass is 528 g/mol. The molecular weight excluding hydrogens is 505 g/mol. The lowest BCUT2D eigenvalue weighted by Gasteiger charge is -2.27. The largest absolute Gasteiger partial charge is 0.435 e. The Morgan fingerprint density at radius 3 is 2.54 bits per heavy atom. The zero-order valence-corrected chi connectivity index (χ0v) is 20.6. The Morgan fingerprint density at radius 2 is 1.77 bits per heavy atom. The molecule has 0 saturated heterocycles. The molecule has 39 heavy (non-hydrogen) atoms. The van der Waals surface area contributed by atoms with Gasteiger partial charge in [-0.2, -0.15) is 23.5 Å². The smallest absolute Gasteiger partial charge is 0.393 e. The zero-order chi connectivity index (χ0) is 27.1. The van der Waals surface area contributed by atoms with Gasteiger partial charge in [-0.15, -0.1) is 0 Å². The van der Waals surface area contributed by atoms with E-state index in [9.17, 15) is 23.5 Å². The Morgan fingerprint density at radius 1 is 0.974 bits per heavy atom. The Kier molecular flexibility index (Phi) is 6.16. The number of aliphatic hydroxyl groups is 1. The minimum Gasteiger partial charge on any atom is -0.393 e. The molecule has 0 atom stereocenters. The number of aliphatic hydroxyl groups excluding tert-OH is 1. The summed E-state index contributed by atoms with van der Waals surface area (Å²) < 4.78 is 42.3. The molecule has 10 heteroatoms. The second kappa shape index (κ2) is 9.67. The highest BCUT2D eigenvalue weighted by molar-refractivity contribution is 6.04. The quantitative estimate of drug-likeness (QED) is 0.247. The number of anilines is 1. The molecule has 5 aromatic rings. The van der Waals surface area contributed by atoms with Crippen molar-refractivity contribution in [1.82, 2.24) is 20.2 Å². The van der Waals surface area contributed by atoms with Gasteiger partial charge in [-0.1, -0.05) is 24.3 Å². The van der Waals surface area contributed by atoms with Crippen LogP contribution in [-0.4, -0.2) is 37.4 Å². The van der Waals surface area contributed by atoms with Gasteiger partial charge in [-0.05, 0) is 55.5 Å². The van der Waals surface area contributed by atoms with E-state index < -0.39 is 11.9 Å². The number of fused-ring (bicyclic) bond motifs is 2. The number of para-hydroxylation sites is 1. The maximum Gasteiger partial charge on any atom is 0.435 e. The van der Waals surface area contributed by atoms with Crippen LogP contribution in [0.5, 0.6) is 0 Å². The second-order valence-corrected chi connectivity index (χ2v) is 9.78. The number of nitrogens with zero attached hydrogens (tertiary/aromatic N) is 4. The first-order chi connectivity index (χ1) is 18.8. The third-order valence-corrected chi connectivity index (χ3v) is 7.24. The first-order valence-electron chi connectivity index (χ1n) is 12.6. The fourth-order valence-corrected chi connectivity index (χ4v) is 5.29. The van der Waals surface area contributed by atoms with Crippen LogP contribution in [0.25, 0.3) is 44.2 Å². The molecule has 0 bridgehead atoms. The van der Waals surface area contributed by atoms with Crippen LogP contribution in [0.1, 0.15) is 36.9 Å². The molecule has 1 aliphatic carbocycles. The van der Waals surface area contributed by atoms with E-state index in [2.05, 4.69) is 31.6 Å². The van der Waals surface area contributed by atoms with Crippen molar-refractivity contribution in [2.75, 3.05) is 5.32 Å². The van der Waals surface area contributed by atoms with Crippen LogP contribution < -0.4 is 5.32 Å². The molecule has 3 heterocycles. The molecule has 3 N–H and O–H groups in total. The zero-order valence-electron chi connectivity index (χ0n) is 20.6. The number of nitriles is 1. The van der Waals surface area contributed by atoms with Crippen molar-refractivity contribution >= 4 is 27.6 Å². The van der Waals surface area contributed by atoms with E-state index in [4.69, 9.17) is 0 Å². The minimum absolute atomic E-state index is 0.0157. The number of aromatic nitrogens is 4. The number of halogens is 3. The molecule has 0 unspecified atom stereocenters. The number of pyridine rings is 2. The van der Waals surface area contributed by atoms with E-state index in [-0.39, 0.29) is 23.2 Å². The molecule has 7 nitrogen and oxygen atoms in total. The first kappa shape index (κ1) is 24.8. The number of H-pyrrole nitrogens is 1. The van der Waals surface area contributed by atoms with Gasteiger partial charge < -0.3 is 10.4 Å². The SMILES string of the molecule is N#Cc1ccc(-c2cnc3[nH]nc(C(F)(F)F)c3c2-c2cnc3ccccc3c2)cc1N[C@H]1CC[C@H](O)CC1. The summed E-state index contributed by atoms with van der Waals surface area (Å²) in [6.45, 7) is 0. The van der Waals surface area contributed by atoms with Crippen LogP contribution in [0.3, 0.4) is 0 Å². The third kappa shape index (κ3) is 4.66. The standard InChI is InChI=1S/C29H23F3N6O/c30-29(31,32)27-26-25(19-11-17-3-1-2-4-23(17)34-14-19)22(15-35-28(26)38-37-27)16-5-6-18(13-33)24(12-16)36-20-7-9-21(39)10-8-20/h1-6,11-12,14-15,20-21,36,39H,7-10H2,(H,35,37,38)/t20-,21-. The van der Waals surface area contributed by atoms with Gasteiger partial charge in [0.2, 0.25) is 0 Å². The molecule has 0 radical (unpaired) electrons. The lowest BCUT2D eigenvalue weighted by molar-refractivity contribution is -0.139. The number of benzene rings is 2. The van der Waals surface area contributed by atoms with E-state index >= 15 is 0 Å². The van der Waals surface area contributed by atoms with Crippen LogP contribution >= 0.6 is 0 Å². The average Bonchev–Trinajstić information content (AvgIpc) is 3.39. The van der Waals surface area contributed by atoms with Crippen molar-refractivity contribution < 1.29 is 18.3 Å². The van der Waals surface area contributed by atoms with Crippen LogP contribution in [0.2, 0.25) is 0 Å². The van der Waals surface area contributed by atoms with Gasteiger partial charge in [0.25, 0.3) is 0 Å². The Bertz CT molecular complexity index is 1730. The molecule has 1 saturated carbocycles. The summed E-state index contributed by atoms with van der Waals surface area (Å²) in [4.78, 5) is 8.78. The van der Waals surface area contributed by atoms with Crippen molar-refractivity contribution in [3.63, 3.8) is 0 Å². The number of rotatable bonds is 4. The van der Waals surface area contributed by atoms with Crippen molar-refractivity contribution in [3.8, 4) is 28.3 Å². The van der Waals surface area contributed by atoms with Crippen LogP contribution in [-0.2, 0) is 6.18 Å². The molecule has 1 aliphatic rings. The highest BCUT2D eigenvalue weighted by atomic mass is 19.4. The summed E-state index contributed by atoms with van der Waals surface area (Å²) in [6, 6.07) is 16.6. The normalized spacial score (nSPS) is 17.8. The van der Waals surface area contributed by atoms with E-state index in [0.29, 0.717) is 46.3 Å². The number of aromatic amines is 1. The van der Waals surface area contributed by atoms with Gasteiger partial charge in [0.1, 0.15) is 6.07 Å². The fraction of sp³-hybridized carbons (Fsp3) is 0.241. The van der Waals surface area contributed by atoms with Gasteiger partial charge >= 0.3 is 6.18 Å². The minimum atomic E-state index is -4.71. The molecule has 1 fully saturated rings. The molecule has 196 valence electrons. The average molecular weight is 529 g/mol.